The first-order valence-electron chi connectivity index (χ1n) is 12.7. The van der Waals surface area contributed by atoms with Crippen molar-refractivity contribution in [2.75, 3.05) is 13.2 Å². The van der Waals surface area contributed by atoms with Crippen LogP contribution in [0.3, 0.4) is 0 Å². The van der Waals surface area contributed by atoms with Crippen LogP contribution in [0.4, 0.5) is 0 Å². The maximum atomic E-state index is 7.08. The molecule has 0 aromatic heterocycles. The fourth-order valence-corrected chi connectivity index (χ4v) is 9.06. The monoisotopic (exact) mass is 432 g/mol. The van der Waals surface area contributed by atoms with Crippen LogP contribution in [-0.2, 0) is 13.9 Å². The third-order valence-electron chi connectivity index (χ3n) is 10.3. The van der Waals surface area contributed by atoms with Gasteiger partial charge < -0.3 is 13.9 Å². The van der Waals surface area contributed by atoms with Gasteiger partial charge in [0.2, 0.25) is 0 Å². The quantitative estimate of drug-likeness (QED) is 0.353. The van der Waals surface area contributed by atoms with Crippen LogP contribution in [0.2, 0.25) is 18.1 Å². The lowest BCUT2D eigenvalue weighted by atomic mass is 9.54. The summed E-state index contributed by atoms with van der Waals surface area (Å²) in [6.07, 6.45) is 11.9. The molecule has 5 aliphatic rings. The summed E-state index contributed by atoms with van der Waals surface area (Å²) in [5, 5.41) is 0.297. The molecule has 0 aromatic rings. The van der Waals surface area contributed by atoms with Crippen LogP contribution in [0.15, 0.2) is 11.1 Å². The summed E-state index contributed by atoms with van der Waals surface area (Å²) < 4.78 is 19.2. The molecule has 5 atom stereocenters. The standard InChI is InChI=1S/C26H44O3Si/c1-24(2,3)30(5,6)29-23-10-9-22-21-8-7-18-17-26(27-15-16-28-26)14-12-19(18)20(21)11-13-25(22,23)4/h20-23H,7-17H2,1-6H3/t20-,21-,22+,23+,25+/m1/s1. The molecule has 1 aliphatic heterocycles. The predicted octanol–water partition coefficient (Wildman–Crippen LogP) is 6.84. The number of fused-ring (bicyclic) bond motifs is 4. The molecular formula is C26H44O3Si. The molecule has 0 unspecified atom stereocenters. The molecule has 0 amide bonds. The molecule has 0 aromatic carbocycles. The number of rotatable bonds is 2. The van der Waals surface area contributed by atoms with Gasteiger partial charge in [0, 0.05) is 12.8 Å². The van der Waals surface area contributed by atoms with Gasteiger partial charge in [-0.2, -0.15) is 0 Å². The van der Waals surface area contributed by atoms with E-state index in [9.17, 15) is 0 Å². The lowest BCUT2D eigenvalue weighted by Crippen LogP contribution is -2.51. The zero-order chi connectivity index (χ0) is 21.4. The Morgan fingerprint density at radius 3 is 2.40 bits per heavy atom. The highest BCUT2D eigenvalue weighted by atomic mass is 28.4. The van der Waals surface area contributed by atoms with E-state index in [1.54, 1.807) is 5.57 Å². The molecule has 1 heterocycles. The van der Waals surface area contributed by atoms with E-state index in [-0.39, 0.29) is 5.79 Å². The molecule has 5 rings (SSSR count). The van der Waals surface area contributed by atoms with Crippen LogP contribution in [0.5, 0.6) is 0 Å². The van der Waals surface area contributed by atoms with Gasteiger partial charge in [0.1, 0.15) is 0 Å². The molecule has 30 heavy (non-hydrogen) atoms. The van der Waals surface area contributed by atoms with Crippen molar-refractivity contribution in [1.29, 1.82) is 0 Å². The zero-order valence-corrected chi connectivity index (χ0v) is 21.3. The summed E-state index contributed by atoms with van der Waals surface area (Å²) in [4.78, 5) is 0. The first-order chi connectivity index (χ1) is 14.0. The van der Waals surface area contributed by atoms with Crippen LogP contribution in [0.25, 0.3) is 0 Å². The van der Waals surface area contributed by atoms with Crippen molar-refractivity contribution >= 4 is 8.32 Å². The van der Waals surface area contributed by atoms with E-state index in [1.165, 1.54) is 44.9 Å². The van der Waals surface area contributed by atoms with Gasteiger partial charge in [0.05, 0.1) is 19.3 Å². The summed E-state index contributed by atoms with van der Waals surface area (Å²) >= 11 is 0. The van der Waals surface area contributed by atoms with Crippen molar-refractivity contribution in [3.05, 3.63) is 11.1 Å². The second-order valence-corrected chi connectivity index (χ2v) is 17.6. The van der Waals surface area contributed by atoms with Crippen LogP contribution in [-0.4, -0.2) is 33.4 Å². The third kappa shape index (κ3) is 3.31. The Bertz CT molecular complexity index is 714. The number of allylic oxidation sites excluding steroid dienone is 1. The Morgan fingerprint density at radius 1 is 0.967 bits per heavy atom. The molecule has 4 aliphatic carbocycles. The molecule has 4 heteroatoms. The minimum atomic E-state index is -1.72. The van der Waals surface area contributed by atoms with E-state index >= 15 is 0 Å². The maximum absolute atomic E-state index is 7.08. The summed E-state index contributed by atoms with van der Waals surface area (Å²) in [6, 6.07) is 0. The highest BCUT2D eigenvalue weighted by Gasteiger charge is 2.58. The van der Waals surface area contributed by atoms with E-state index in [0.29, 0.717) is 16.6 Å². The zero-order valence-electron chi connectivity index (χ0n) is 20.3. The van der Waals surface area contributed by atoms with Crippen molar-refractivity contribution in [3.63, 3.8) is 0 Å². The molecule has 3 nitrogen and oxygen atoms in total. The van der Waals surface area contributed by atoms with Crippen LogP contribution >= 0.6 is 0 Å². The van der Waals surface area contributed by atoms with Crippen molar-refractivity contribution in [2.45, 2.75) is 116 Å². The van der Waals surface area contributed by atoms with Gasteiger partial charge in [-0.3, -0.25) is 0 Å². The van der Waals surface area contributed by atoms with E-state index < -0.39 is 8.32 Å². The Kier molecular flexibility index (Phi) is 5.18. The molecule has 1 saturated heterocycles. The van der Waals surface area contributed by atoms with Gasteiger partial charge in [-0.25, -0.2) is 0 Å². The SMILES string of the molecule is CC(C)(C)[Si](C)(C)O[C@H]1CC[C@H]2[C@@H]3CCC4=C(CCC5(C4)OCCO5)[C@H]3CC[C@]12C. The van der Waals surface area contributed by atoms with Crippen molar-refractivity contribution < 1.29 is 13.9 Å². The molecule has 0 N–H and O–H groups in total. The second kappa shape index (κ2) is 7.17. The average molecular weight is 433 g/mol. The van der Waals surface area contributed by atoms with E-state index in [1.807, 2.05) is 5.57 Å². The Morgan fingerprint density at radius 2 is 1.70 bits per heavy atom. The van der Waals surface area contributed by atoms with Crippen molar-refractivity contribution in [3.8, 4) is 0 Å². The molecule has 0 bridgehead atoms. The van der Waals surface area contributed by atoms with Gasteiger partial charge in [-0.05, 0) is 86.2 Å². The minimum Gasteiger partial charge on any atom is -0.413 e. The molecule has 170 valence electrons. The third-order valence-corrected chi connectivity index (χ3v) is 14.8. The molecule has 3 fully saturated rings. The summed E-state index contributed by atoms with van der Waals surface area (Å²) in [5.74, 6) is 2.31. The fourth-order valence-electron chi connectivity index (χ4n) is 7.61. The first-order valence-corrected chi connectivity index (χ1v) is 15.6. The van der Waals surface area contributed by atoms with Crippen LogP contribution in [0, 0.1) is 23.2 Å². The average Bonchev–Trinajstić information content (AvgIpc) is 3.25. The van der Waals surface area contributed by atoms with Gasteiger partial charge >= 0.3 is 0 Å². The normalized spacial score (nSPS) is 41.0. The number of hydrogen-bond donors (Lipinski definition) is 0. The largest absolute Gasteiger partial charge is 0.413 e. The van der Waals surface area contributed by atoms with Crippen molar-refractivity contribution in [1.82, 2.24) is 0 Å². The van der Waals surface area contributed by atoms with E-state index in [2.05, 4.69) is 40.8 Å². The number of ether oxygens (including phenoxy) is 2. The molecule has 2 saturated carbocycles. The summed E-state index contributed by atoms with van der Waals surface area (Å²) in [6.45, 7) is 16.2. The maximum Gasteiger partial charge on any atom is 0.192 e. The van der Waals surface area contributed by atoms with E-state index in [4.69, 9.17) is 13.9 Å². The second-order valence-electron chi connectivity index (χ2n) is 12.8. The van der Waals surface area contributed by atoms with Crippen LogP contribution in [0.1, 0.15) is 85.5 Å². The Hall–Kier alpha value is -0.163. The Balaban J connectivity index is 1.34. The van der Waals surface area contributed by atoms with Gasteiger partial charge in [-0.1, -0.05) is 38.8 Å². The summed E-state index contributed by atoms with van der Waals surface area (Å²) in [7, 11) is -1.72. The molecule has 0 radical (unpaired) electrons. The first kappa shape index (κ1) is 21.7. The number of hydrogen-bond acceptors (Lipinski definition) is 3. The fraction of sp³-hybridized carbons (Fsp3) is 0.923. The van der Waals surface area contributed by atoms with Gasteiger partial charge in [0.15, 0.2) is 14.1 Å². The molecule has 1 spiro atoms. The smallest absolute Gasteiger partial charge is 0.192 e. The summed E-state index contributed by atoms with van der Waals surface area (Å²) in [5.41, 5.74) is 3.93. The Labute approximate surface area is 185 Å². The highest BCUT2D eigenvalue weighted by molar-refractivity contribution is 6.74. The topological polar surface area (TPSA) is 27.7 Å². The lowest BCUT2D eigenvalue weighted by Gasteiger charge is -2.54. The predicted molar refractivity (Wildman–Crippen MR) is 124 cm³/mol. The highest BCUT2D eigenvalue weighted by Crippen LogP contribution is 2.63. The molecular weight excluding hydrogens is 388 g/mol. The van der Waals surface area contributed by atoms with E-state index in [0.717, 1.165) is 43.8 Å². The minimum absolute atomic E-state index is 0.260. The van der Waals surface area contributed by atoms with Crippen LogP contribution < -0.4 is 0 Å². The van der Waals surface area contributed by atoms with Gasteiger partial charge in [-0.15, -0.1) is 0 Å². The van der Waals surface area contributed by atoms with Gasteiger partial charge in [0.25, 0.3) is 0 Å². The lowest BCUT2D eigenvalue weighted by molar-refractivity contribution is -0.166. The van der Waals surface area contributed by atoms with Crippen molar-refractivity contribution in [2.24, 2.45) is 23.2 Å².